The van der Waals surface area contributed by atoms with Gasteiger partial charge in [0.1, 0.15) is 5.82 Å². The van der Waals surface area contributed by atoms with Gasteiger partial charge in [0.15, 0.2) is 0 Å². The molecule has 0 saturated heterocycles. The Balaban J connectivity index is 2.99. The summed E-state index contributed by atoms with van der Waals surface area (Å²) < 4.78 is 13.6. The predicted octanol–water partition coefficient (Wildman–Crippen LogP) is 3.43. The Bertz CT molecular complexity index is 284. The molecule has 0 saturated carbocycles. The highest BCUT2D eigenvalue weighted by Gasteiger charge is 2.06. The third-order valence-corrected chi connectivity index (χ3v) is 2.65. The van der Waals surface area contributed by atoms with Gasteiger partial charge in [0, 0.05) is 17.6 Å². The minimum atomic E-state index is -0.206. The van der Waals surface area contributed by atoms with E-state index >= 15 is 0 Å². The summed E-state index contributed by atoms with van der Waals surface area (Å²) in [4.78, 5) is 2.17. The van der Waals surface area contributed by atoms with E-state index in [-0.39, 0.29) is 5.82 Å². The maximum atomic E-state index is 12.8. The molecule has 1 aromatic rings. The molecule has 0 aliphatic heterocycles. The van der Waals surface area contributed by atoms with Crippen molar-refractivity contribution in [3.8, 4) is 0 Å². The first kappa shape index (κ1) is 10.5. The van der Waals surface area contributed by atoms with Gasteiger partial charge in [-0.25, -0.2) is 4.39 Å². The van der Waals surface area contributed by atoms with E-state index in [1.54, 1.807) is 6.07 Å². The highest BCUT2D eigenvalue weighted by Crippen LogP contribution is 2.26. The summed E-state index contributed by atoms with van der Waals surface area (Å²) in [7, 11) is 0. The maximum absolute atomic E-state index is 12.8. The van der Waals surface area contributed by atoms with Crippen molar-refractivity contribution < 1.29 is 4.39 Å². The van der Waals surface area contributed by atoms with E-state index < -0.39 is 0 Å². The summed E-state index contributed by atoms with van der Waals surface area (Å²) in [5, 5.41) is 0. The average Bonchev–Trinajstić information content (AvgIpc) is 2.10. The Morgan fingerprint density at radius 2 is 1.92 bits per heavy atom. The first-order valence-corrected chi connectivity index (χ1v) is 5.18. The predicted molar refractivity (Wildman–Crippen MR) is 57.7 cm³/mol. The van der Waals surface area contributed by atoms with Crippen LogP contribution in [0.25, 0.3) is 0 Å². The molecule has 72 valence electrons. The SMILES string of the molecule is CCN(CC)c1ccc(F)cc1Br. The molecule has 0 unspecified atom stereocenters. The Hall–Kier alpha value is -0.570. The molecule has 13 heavy (non-hydrogen) atoms. The molecule has 0 aliphatic carbocycles. The number of anilines is 1. The van der Waals surface area contributed by atoms with Crippen molar-refractivity contribution in [2.24, 2.45) is 0 Å². The van der Waals surface area contributed by atoms with Crippen LogP contribution in [0.3, 0.4) is 0 Å². The van der Waals surface area contributed by atoms with Gasteiger partial charge in [0.25, 0.3) is 0 Å². The molecule has 0 aliphatic rings. The number of nitrogens with zero attached hydrogens (tertiary/aromatic N) is 1. The zero-order valence-electron chi connectivity index (χ0n) is 7.85. The van der Waals surface area contributed by atoms with Gasteiger partial charge in [-0.15, -0.1) is 0 Å². The third-order valence-electron chi connectivity index (χ3n) is 2.01. The van der Waals surface area contributed by atoms with Crippen molar-refractivity contribution in [1.29, 1.82) is 0 Å². The molecule has 3 heteroatoms. The van der Waals surface area contributed by atoms with Crippen LogP contribution in [0.2, 0.25) is 0 Å². The molecule has 1 rings (SSSR count). The second-order valence-corrected chi connectivity index (χ2v) is 3.62. The first-order valence-electron chi connectivity index (χ1n) is 4.39. The summed E-state index contributed by atoms with van der Waals surface area (Å²) in [5.41, 5.74) is 1.05. The van der Waals surface area contributed by atoms with Crippen LogP contribution in [0.4, 0.5) is 10.1 Å². The van der Waals surface area contributed by atoms with Crippen LogP contribution in [0, 0.1) is 5.82 Å². The zero-order chi connectivity index (χ0) is 9.84. The Morgan fingerprint density at radius 1 is 1.31 bits per heavy atom. The molecular weight excluding hydrogens is 233 g/mol. The van der Waals surface area contributed by atoms with E-state index in [0.717, 1.165) is 23.2 Å². The number of halogens is 2. The van der Waals surface area contributed by atoms with Crippen LogP contribution < -0.4 is 4.90 Å². The molecule has 0 amide bonds. The molecule has 0 atom stereocenters. The molecule has 1 nitrogen and oxygen atoms in total. The van der Waals surface area contributed by atoms with Crippen LogP contribution in [0.1, 0.15) is 13.8 Å². The molecule has 0 bridgehead atoms. The van der Waals surface area contributed by atoms with E-state index in [4.69, 9.17) is 0 Å². The van der Waals surface area contributed by atoms with Crippen molar-refractivity contribution in [1.82, 2.24) is 0 Å². The van der Waals surface area contributed by atoms with Gasteiger partial charge in [-0.2, -0.15) is 0 Å². The molecule has 0 spiro atoms. The van der Waals surface area contributed by atoms with Crippen LogP contribution in [0.15, 0.2) is 22.7 Å². The molecule has 0 fully saturated rings. The standard InChI is InChI=1S/C10H13BrFN/c1-3-13(4-2)10-6-5-8(12)7-9(10)11/h5-7H,3-4H2,1-2H3. The molecular formula is C10H13BrFN. The van der Waals surface area contributed by atoms with E-state index in [1.807, 2.05) is 0 Å². The van der Waals surface area contributed by atoms with Crippen LogP contribution in [-0.4, -0.2) is 13.1 Å². The van der Waals surface area contributed by atoms with Gasteiger partial charge < -0.3 is 4.90 Å². The van der Waals surface area contributed by atoms with Crippen molar-refractivity contribution >= 4 is 21.6 Å². The van der Waals surface area contributed by atoms with Crippen molar-refractivity contribution in [2.45, 2.75) is 13.8 Å². The van der Waals surface area contributed by atoms with Crippen LogP contribution in [0.5, 0.6) is 0 Å². The summed E-state index contributed by atoms with van der Waals surface area (Å²) in [6, 6.07) is 4.78. The fourth-order valence-electron chi connectivity index (χ4n) is 1.30. The monoisotopic (exact) mass is 245 g/mol. The van der Waals surface area contributed by atoms with Crippen LogP contribution in [-0.2, 0) is 0 Å². The number of hydrogen-bond donors (Lipinski definition) is 0. The van der Waals surface area contributed by atoms with Gasteiger partial charge >= 0.3 is 0 Å². The van der Waals surface area contributed by atoms with E-state index in [0.29, 0.717) is 0 Å². The topological polar surface area (TPSA) is 3.24 Å². The Morgan fingerprint density at radius 3 is 2.38 bits per heavy atom. The first-order chi connectivity index (χ1) is 6.19. The highest BCUT2D eigenvalue weighted by molar-refractivity contribution is 9.10. The lowest BCUT2D eigenvalue weighted by atomic mass is 10.3. The fraction of sp³-hybridized carbons (Fsp3) is 0.400. The third kappa shape index (κ3) is 2.44. The second kappa shape index (κ2) is 4.61. The van der Waals surface area contributed by atoms with Gasteiger partial charge in [-0.3, -0.25) is 0 Å². The highest BCUT2D eigenvalue weighted by atomic mass is 79.9. The Kier molecular flexibility index (Phi) is 3.72. The quantitative estimate of drug-likeness (QED) is 0.789. The minimum Gasteiger partial charge on any atom is -0.371 e. The summed E-state index contributed by atoms with van der Waals surface area (Å²) in [6.45, 7) is 6.03. The van der Waals surface area contributed by atoms with Crippen molar-refractivity contribution in [3.05, 3.63) is 28.5 Å². The summed E-state index contributed by atoms with van der Waals surface area (Å²) in [6.07, 6.45) is 0. The number of rotatable bonds is 3. The fourth-order valence-corrected chi connectivity index (χ4v) is 1.90. The van der Waals surface area contributed by atoms with Gasteiger partial charge in [-0.1, -0.05) is 0 Å². The van der Waals surface area contributed by atoms with Crippen LogP contribution >= 0.6 is 15.9 Å². The smallest absolute Gasteiger partial charge is 0.124 e. The Labute approximate surface area is 86.7 Å². The summed E-state index contributed by atoms with van der Waals surface area (Å²) in [5.74, 6) is -0.206. The minimum absolute atomic E-state index is 0.206. The molecule has 1 aromatic carbocycles. The van der Waals surface area contributed by atoms with E-state index in [1.165, 1.54) is 12.1 Å². The lowest BCUT2D eigenvalue weighted by Gasteiger charge is -2.22. The molecule has 0 heterocycles. The van der Waals surface area contributed by atoms with Gasteiger partial charge in [0.2, 0.25) is 0 Å². The molecule has 0 N–H and O–H groups in total. The maximum Gasteiger partial charge on any atom is 0.124 e. The lowest BCUT2D eigenvalue weighted by molar-refractivity contribution is 0.626. The normalized spacial score (nSPS) is 10.2. The molecule has 0 radical (unpaired) electrons. The van der Waals surface area contributed by atoms with Gasteiger partial charge in [0.05, 0.1) is 5.69 Å². The summed E-state index contributed by atoms with van der Waals surface area (Å²) >= 11 is 3.35. The van der Waals surface area contributed by atoms with E-state index in [9.17, 15) is 4.39 Å². The molecule has 0 aromatic heterocycles. The van der Waals surface area contributed by atoms with Crippen molar-refractivity contribution in [3.63, 3.8) is 0 Å². The lowest BCUT2D eigenvalue weighted by Crippen LogP contribution is -2.22. The largest absolute Gasteiger partial charge is 0.371 e. The van der Waals surface area contributed by atoms with Gasteiger partial charge in [-0.05, 0) is 48.0 Å². The van der Waals surface area contributed by atoms with Crippen molar-refractivity contribution in [2.75, 3.05) is 18.0 Å². The second-order valence-electron chi connectivity index (χ2n) is 2.77. The van der Waals surface area contributed by atoms with E-state index in [2.05, 4.69) is 34.7 Å². The average molecular weight is 246 g/mol. The number of benzene rings is 1. The zero-order valence-corrected chi connectivity index (χ0v) is 9.44. The number of hydrogen-bond acceptors (Lipinski definition) is 1.